The van der Waals surface area contributed by atoms with Gasteiger partial charge in [0.05, 0.1) is 38.0 Å². The largest absolute Gasteiger partial charge is 0.497 e. The first-order valence-corrected chi connectivity index (χ1v) is 9.79. The minimum absolute atomic E-state index is 0.0106. The molecule has 3 rings (SSSR count). The summed E-state index contributed by atoms with van der Waals surface area (Å²) in [4.78, 5) is 25.6. The Bertz CT molecular complexity index is 994. The Morgan fingerprint density at radius 2 is 1.90 bits per heavy atom. The number of hydrogen-bond donors (Lipinski definition) is 2. The van der Waals surface area contributed by atoms with E-state index in [1.54, 1.807) is 24.3 Å². The number of methoxy groups -OCH3 is 2. The second kappa shape index (κ2) is 10.0. The third-order valence-corrected chi connectivity index (χ3v) is 4.87. The molecule has 0 aliphatic carbocycles. The molecular formula is C20H22N4O6S. The highest BCUT2D eigenvalue weighted by Crippen LogP contribution is 2.30. The molecule has 0 spiro atoms. The van der Waals surface area contributed by atoms with Crippen molar-refractivity contribution < 1.29 is 23.9 Å². The summed E-state index contributed by atoms with van der Waals surface area (Å²) < 4.78 is 15.7. The van der Waals surface area contributed by atoms with Crippen molar-refractivity contribution >= 4 is 40.3 Å². The van der Waals surface area contributed by atoms with E-state index >= 15 is 0 Å². The maximum Gasteiger partial charge on any atom is 0.293 e. The van der Waals surface area contributed by atoms with E-state index in [0.29, 0.717) is 49.2 Å². The molecule has 1 saturated heterocycles. The third-order valence-electron chi connectivity index (χ3n) is 4.67. The minimum atomic E-state index is -0.573. The van der Waals surface area contributed by atoms with Gasteiger partial charge in [0.25, 0.3) is 11.6 Å². The first kappa shape index (κ1) is 22.2. The van der Waals surface area contributed by atoms with Crippen LogP contribution >= 0.6 is 12.2 Å². The predicted octanol–water partition coefficient (Wildman–Crippen LogP) is 2.58. The molecule has 1 heterocycles. The van der Waals surface area contributed by atoms with Gasteiger partial charge in [-0.2, -0.15) is 0 Å². The highest BCUT2D eigenvalue weighted by atomic mass is 32.1. The molecule has 2 N–H and O–H groups in total. The number of carbonyl (C=O) groups is 1. The van der Waals surface area contributed by atoms with Gasteiger partial charge in [0, 0.05) is 30.8 Å². The van der Waals surface area contributed by atoms with Crippen LogP contribution in [-0.2, 0) is 4.74 Å². The van der Waals surface area contributed by atoms with Crippen LogP contribution in [0.4, 0.5) is 17.1 Å². The van der Waals surface area contributed by atoms with Crippen LogP contribution in [0.1, 0.15) is 10.4 Å². The zero-order chi connectivity index (χ0) is 22.4. The number of benzene rings is 2. The van der Waals surface area contributed by atoms with E-state index in [1.165, 1.54) is 26.4 Å². The second-order valence-electron chi connectivity index (χ2n) is 6.53. The first-order chi connectivity index (χ1) is 14.9. The number of rotatable bonds is 6. The van der Waals surface area contributed by atoms with Crippen molar-refractivity contribution in [3.63, 3.8) is 0 Å². The van der Waals surface area contributed by atoms with Crippen LogP contribution in [0.15, 0.2) is 36.4 Å². The van der Waals surface area contributed by atoms with Gasteiger partial charge in [-0.1, -0.05) is 0 Å². The highest BCUT2D eigenvalue weighted by Gasteiger charge is 2.23. The molecule has 0 atom stereocenters. The Hall–Kier alpha value is -3.44. The van der Waals surface area contributed by atoms with Gasteiger partial charge in [0.1, 0.15) is 17.2 Å². The van der Waals surface area contributed by atoms with Crippen molar-refractivity contribution in [2.75, 3.05) is 50.7 Å². The molecule has 2 aromatic rings. The van der Waals surface area contributed by atoms with Gasteiger partial charge >= 0.3 is 0 Å². The van der Waals surface area contributed by atoms with Crippen molar-refractivity contribution in [2.24, 2.45) is 0 Å². The number of amides is 1. The fraction of sp³-hybridized carbons (Fsp3) is 0.300. The number of morpholine rings is 1. The normalized spacial score (nSPS) is 13.3. The van der Waals surface area contributed by atoms with E-state index in [1.807, 2.05) is 4.90 Å². The van der Waals surface area contributed by atoms with Crippen LogP contribution in [0.25, 0.3) is 0 Å². The summed E-state index contributed by atoms with van der Waals surface area (Å²) in [5.41, 5.74) is 0.917. The monoisotopic (exact) mass is 446 g/mol. The molecule has 1 fully saturated rings. The average molecular weight is 446 g/mol. The van der Waals surface area contributed by atoms with Crippen molar-refractivity contribution in [3.8, 4) is 11.5 Å². The minimum Gasteiger partial charge on any atom is -0.497 e. The predicted molar refractivity (Wildman–Crippen MR) is 119 cm³/mol. The molecule has 0 radical (unpaired) electrons. The number of anilines is 2. The zero-order valence-corrected chi connectivity index (χ0v) is 17.9. The first-order valence-electron chi connectivity index (χ1n) is 9.38. The van der Waals surface area contributed by atoms with Crippen LogP contribution < -0.4 is 25.0 Å². The Balaban J connectivity index is 1.75. The number of nitro groups is 1. The fourth-order valence-electron chi connectivity index (χ4n) is 3.12. The van der Waals surface area contributed by atoms with E-state index < -0.39 is 10.8 Å². The summed E-state index contributed by atoms with van der Waals surface area (Å²) in [6.45, 7) is 2.08. The van der Waals surface area contributed by atoms with Crippen molar-refractivity contribution in [2.45, 2.75) is 0 Å². The van der Waals surface area contributed by atoms with E-state index in [-0.39, 0.29) is 16.4 Å². The third kappa shape index (κ3) is 5.38. The standard InChI is InChI=1S/C20H22N4O6S/c1-28-14-4-6-18(29-2)15(12-14)21-20(31)22-19(25)13-3-5-16(17(11-13)24(26)27)23-7-9-30-10-8-23/h3-6,11-12H,7-10H2,1-2H3,(H2,21,22,25,31). The zero-order valence-electron chi connectivity index (χ0n) is 17.0. The SMILES string of the molecule is COc1ccc(OC)c(NC(=S)NC(=O)c2ccc(N3CCOCC3)c([N+](=O)[O-])c2)c1. The smallest absolute Gasteiger partial charge is 0.293 e. The van der Waals surface area contributed by atoms with Gasteiger partial charge in [-0.3, -0.25) is 20.2 Å². The summed E-state index contributed by atoms with van der Waals surface area (Å²) >= 11 is 5.22. The number of nitrogens with zero attached hydrogens (tertiary/aromatic N) is 2. The Kier molecular flexibility index (Phi) is 7.21. The Morgan fingerprint density at radius 1 is 1.16 bits per heavy atom. The van der Waals surface area contributed by atoms with Crippen LogP contribution in [0.5, 0.6) is 11.5 Å². The van der Waals surface area contributed by atoms with Gasteiger partial charge in [-0.05, 0) is 36.5 Å². The second-order valence-corrected chi connectivity index (χ2v) is 6.94. The van der Waals surface area contributed by atoms with Crippen molar-refractivity contribution in [3.05, 3.63) is 52.1 Å². The molecule has 11 heteroatoms. The topological polar surface area (TPSA) is 115 Å². The van der Waals surface area contributed by atoms with E-state index in [2.05, 4.69) is 10.6 Å². The highest BCUT2D eigenvalue weighted by molar-refractivity contribution is 7.80. The molecule has 164 valence electrons. The lowest BCUT2D eigenvalue weighted by molar-refractivity contribution is -0.384. The quantitative estimate of drug-likeness (QED) is 0.392. The lowest BCUT2D eigenvalue weighted by Gasteiger charge is -2.28. The van der Waals surface area contributed by atoms with E-state index in [0.717, 1.165) is 0 Å². The number of nitro benzene ring substituents is 1. The van der Waals surface area contributed by atoms with Crippen LogP contribution in [0.2, 0.25) is 0 Å². The van der Waals surface area contributed by atoms with Gasteiger partial charge in [-0.15, -0.1) is 0 Å². The molecule has 2 aromatic carbocycles. The summed E-state index contributed by atoms with van der Waals surface area (Å²) in [5, 5.41) is 17.0. The fourth-order valence-corrected chi connectivity index (χ4v) is 3.33. The number of thiocarbonyl (C=S) groups is 1. The summed E-state index contributed by atoms with van der Waals surface area (Å²) in [5.74, 6) is 0.505. The summed E-state index contributed by atoms with van der Waals surface area (Å²) in [6, 6.07) is 9.43. The maximum atomic E-state index is 12.6. The van der Waals surface area contributed by atoms with Gasteiger partial charge < -0.3 is 24.4 Å². The van der Waals surface area contributed by atoms with E-state index in [9.17, 15) is 14.9 Å². The van der Waals surface area contributed by atoms with Crippen LogP contribution in [0, 0.1) is 10.1 Å². The molecule has 0 aromatic heterocycles. The number of hydrogen-bond acceptors (Lipinski definition) is 8. The maximum absolute atomic E-state index is 12.6. The molecule has 31 heavy (non-hydrogen) atoms. The average Bonchev–Trinajstić information content (AvgIpc) is 2.79. The van der Waals surface area contributed by atoms with Crippen molar-refractivity contribution in [1.82, 2.24) is 5.32 Å². The molecule has 0 bridgehead atoms. The molecule has 1 aliphatic rings. The lowest BCUT2D eigenvalue weighted by Crippen LogP contribution is -2.37. The molecule has 0 saturated carbocycles. The number of nitrogens with one attached hydrogen (secondary N) is 2. The van der Waals surface area contributed by atoms with Crippen LogP contribution in [-0.4, -0.2) is 56.5 Å². The van der Waals surface area contributed by atoms with Gasteiger partial charge in [0.15, 0.2) is 5.11 Å². The Labute approximate surface area is 184 Å². The van der Waals surface area contributed by atoms with E-state index in [4.69, 9.17) is 26.4 Å². The summed E-state index contributed by atoms with van der Waals surface area (Å²) in [7, 11) is 3.03. The van der Waals surface area contributed by atoms with Crippen molar-refractivity contribution in [1.29, 1.82) is 0 Å². The molecule has 1 amide bonds. The molecule has 0 unspecified atom stereocenters. The Morgan fingerprint density at radius 3 is 2.55 bits per heavy atom. The lowest BCUT2D eigenvalue weighted by atomic mass is 10.1. The number of carbonyl (C=O) groups excluding carboxylic acids is 1. The molecule has 10 nitrogen and oxygen atoms in total. The molecule has 1 aliphatic heterocycles. The van der Waals surface area contributed by atoms with Gasteiger partial charge in [-0.25, -0.2) is 0 Å². The number of ether oxygens (including phenoxy) is 3. The summed E-state index contributed by atoms with van der Waals surface area (Å²) in [6.07, 6.45) is 0. The van der Waals surface area contributed by atoms with Gasteiger partial charge in [0.2, 0.25) is 0 Å². The molecular weight excluding hydrogens is 424 g/mol. The van der Waals surface area contributed by atoms with Crippen LogP contribution in [0.3, 0.4) is 0 Å².